The Kier molecular flexibility index (Phi) is 3.66. The molecule has 2 atom stereocenters. The first-order valence-electron chi connectivity index (χ1n) is 7.38. The number of benzene rings is 1. The Hall–Kier alpha value is -1.55. The van der Waals surface area contributed by atoms with Gasteiger partial charge >= 0.3 is 0 Å². The van der Waals surface area contributed by atoms with Crippen molar-refractivity contribution in [1.82, 2.24) is 4.98 Å². The Labute approximate surface area is 119 Å². The first kappa shape index (κ1) is 13.4. The first-order valence-corrected chi connectivity index (χ1v) is 7.38. The van der Waals surface area contributed by atoms with E-state index in [9.17, 15) is 0 Å². The fourth-order valence-corrected chi connectivity index (χ4v) is 2.61. The minimum atomic E-state index is 0.313. The van der Waals surface area contributed by atoms with Crippen LogP contribution in [-0.4, -0.2) is 24.2 Å². The standard InChI is InChI=1S/C16H22N2O2/c1-10(2)16-18-14-8-13(4-5-15(14)20-16)17-11(3)12-6-7-19-9-12/h4-5,8,10-12,17H,6-7,9H2,1-3H3. The molecule has 1 saturated heterocycles. The molecule has 2 unspecified atom stereocenters. The number of nitrogens with zero attached hydrogens (tertiary/aromatic N) is 1. The summed E-state index contributed by atoms with van der Waals surface area (Å²) in [5.74, 6) is 1.71. The molecule has 1 aromatic carbocycles. The van der Waals surface area contributed by atoms with Crippen LogP contribution in [0.3, 0.4) is 0 Å². The van der Waals surface area contributed by atoms with Gasteiger partial charge in [0.25, 0.3) is 0 Å². The van der Waals surface area contributed by atoms with Gasteiger partial charge in [0.1, 0.15) is 5.52 Å². The summed E-state index contributed by atoms with van der Waals surface area (Å²) in [4.78, 5) is 4.55. The van der Waals surface area contributed by atoms with E-state index in [-0.39, 0.29) is 0 Å². The van der Waals surface area contributed by atoms with Crippen LogP contribution in [0.15, 0.2) is 22.6 Å². The Balaban J connectivity index is 1.77. The predicted molar refractivity (Wildman–Crippen MR) is 80.1 cm³/mol. The fraction of sp³-hybridized carbons (Fsp3) is 0.562. The second-order valence-electron chi connectivity index (χ2n) is 5.95. The normalized spacial score (nSPS) is 20.7. The number of ether oxygens (including phenoxy) is 1. The zero-order valence-electron chi connectivity index (χ0n) is 12.3. The van der Waals surface area contributed by atoms with Gasteiger partial charge in [0.15, 0.2) is 11.5 Å². The molecule has 108 valence electrons. The maximum Gasteiger partial charge on any atom is 0.198 e. The summed E-state index contributed by atoms with van der Waals surface area (Å²) in [5.41, 5.74) is 2.88. The second-order valence-corrected chi connectivity index (χ2v) is 5.95. The maximum atomic E-state index is 5.73. The number of aromatic nitrogens is 1. The highest BCUT2D eigenvalue weighted by Gasteiger charge is 2.22. The Morgan fingerprint density at radius 2 is 2.15 bits per heavy atom. The van der Waals surface area contributed by atoms with Crippen molar-refractivity contribution >= 4 is 16.8 Å². The molecule has 0 saturated carbocycles. The molecule has 0 amide bonds. The molecule has 1 N–H and O–H groups in total. The summed E-state index contributed by atoms with van der Waals surface area (Å²) in [6, 6.07) is 6.53. The topological polar surface area (TPSA) is 47.3 Å². The first-order chi connectivity index (χ1) is 9.63. The average Bonchev–Trinajstić information content (AvgIpc) is 3.07. The molecule has 0 aliphatic carbocycles. The minimum Gasteiger partial charge on any atom is -0.440 e. The summed E-state index contributed by atoms with van der Waals surface area (Å²) in [6.07, 6.45) is 1.14. The number of hydrogen-bond acceptors (Lipinski definition) is 4. The van der Waals surface area contributed by atoms with Crippen molar-refractivity contribution < 1.29 is 9.15 Å². The van der Waals surface area contributed by atoms with Gasteiger partial charge in [0.05, 0.1) is 6.61 Å². The van der Waals surface area contributed by atoms with E-state index in [1.165, 1.54) is 0 Å². The summed E-state index contributed by atoms with van der Waals surface area (Å²) >= 11 is 0. The highest BCUT2D eigenvalue weighted by Crippen LogP contribution is 2.25. The van der Waals surface area contributed by atoms with Crippen LogP contribution >= 0.6 is 0 Å². The summed E-state index contributed by atoms with van der Waals surface area (Å²) in [5, 5.41) is 3.55. The molecule has 3 rings (SSSR count). The third-order valence-electron chi connectivity index (χ3n) is 3.96. The molecule has 1 aromatic heterocycles. The van der Waals surface area contributed by atoms with Crippen molar-refractivity contribution in [2.45, 2.75) is 39.2 Å². The van der Waals surface area contributed by atoms with Gasteiger partial charge in [-0.2, -0.15) is 0 Å². The van der Waals surface area contributed by atoms with Crippen LogP contribution in [0.4, 0.5) is 5.69 Å². The Morgan fingerprint density at radius 1 is 1.30 bits per heavy atom. The monoisotopic (exact) mass is 274 g/mol. The van der Waals surface area contributed by atoms with Crippen LogP contribution in [0.25, 0.3) is 11.1 Å². The molecule has 0 spiro atoms. The Bertz CT molecular complexity index is 585. The zero-order chi connectivity index (χ0) is 14.1. The molecular formula is C16H22N2O2. The van der Waals surface area contributed by atoms with Crippen LogP contribution in [0.1, 0.15) is 39.0 Å². The lowest BCUT2D eigenvalue weighted by atomic mass is 10.0. The van der Waals surface area contributed by atoms with Gasteiger partial charge in [-0.3, -0.25) is 0 Å². The highest BCUT2D eigenvalue weighted by atomic mass is 16.5. The number of oxazole rings is 1. The Morgan fingerprint density at radius 3 is 2.85 bits per heavy atom. The van der Waals surface area contributed by atoms with Crippen LogP contribution in [-0.2, 0) is 4.74 Å². The molecule has 0 bridgehead atoms. The molecule has 2 heterocycles. The van der Waals surface area contributed by atoms with Crippen molar-refractivity contribution in [3.63, 3.8) is 0 Å². The lowest BCUT2D eigenvalue weighted by Gasteiger charge is -2.20. The quantitative estimate of drug-likeness (QED) is 0.921. The van der Waals surface area contributed by atoms with Crippen LogP contribution in [0.2, 0.25) is 0 Å². The van der Waals surface area contributed by atoms with E-state index in [1.807, 2.05) is 6.07 Å². The van der Waals surface area contributed by atoms with E-state index in [1.54, 1.807) is 0 Å². The second kappa shape index (κ2) is 5.44. The SMILES string of the molecule is CC(C)c1nc2cc(NC(C)C3CCOC3)ccc2o1. The largest absolute Gasteiger partial charge is 0.440 e. The van der Waals surface area contributed by atoms with E-state index in [0.717, 1.165) is 42.3 Å². The van der Waals surface area contributed by atoms with E-state index in [2.05, 4.69) is 43.2 Å². The molecule has 20 heavy (non-hydrogen) atoms. The molecule has 4 heteroatoms. The van der Waals surface area contributed by atoms with Crippen molar-refractivity contribution in [1.29, 1.82) is 0 Å². The van der Waals surface area contributed by atoms with Crippen LogP contribution < -0.4 is 5.32 Å². The van der Waals surface area contributed by atoms with Gasteiger partial charge in [-0.25, -0.2) is 4.98 Å². The lowest BCUT2D eigenvalue weighted by Crippen LogP contribution is -2.26. The molecule has 2 aromatic rings. The van der Waals surface area contributed by atoms with Gasteiger partial charge in [-0.15, -0.1) is 0 Å². The average molecular weight is 274 g/mol. The number of rotatable bonds is 4. The lowest BCUT2D eigenvalue weighted by molar-refractivity contribution is 0.183. The smallest absolute Gasteiger partial charge is 0.198 e. The van der Waals surface area contributed by atoms with Crippen LogP contribution in [0.5, 0.6) is 0 Å². The van der Waals surface area contributed by atoms with Gasteiger partial charge in [0.2, 0.25) is 0 Å². The molecule has 1 aliphatic rings. The molecule has 1 aliphatic heterocycles. The van der Waals surface area contributed by atoms with E-state index in [0.29, 0.717) is 17.9 Å². The van der Waals surface area contributed by atoms with Gasteiger partial charge < -0.3 is 14.5 Å². The van der Waals surface area contributed by atoms with Crippen molar-refractivity contribution in [2.75, 3.05) is 18.5 Å². The number of anilines is 1. The molecule has 0 radical (unpaired) electrons. The molecule has 4 nitrogen and oxygen atoms in total. The van der Waals surface area contributed by atoms with Gasteiger partial charge in [0, 0.05) is 30.2 Å². The van der Waals surface area contributed by atoms with Crippen molar-refractivity contribution in [3.05, 3.63) is 24.1 Å². The summed E-state index contributed by atoms with van der Waals surface area (Å²) < 4.78 is 11.2. The number of fused-ring (bicyclic) bond motifs is 1. The third kappa shape index (κ3) is 2.66. The predicted octanol–water partition coefficient (Wildman–Crippen LogP) is 3.79. The minimum absolute atomic E-state index is 0.313. The van der Waals surface area contributed by atoms with E-state index < -0.39 is 0 Å². The summed E-state index contributed by atoms with van der Waals surface area (Å²) in [6.45, 7) is 8.14. The van der Waals surface area contributed by atoms with Crippen molar-refractivity contribution in [2.24, 2.45) is 5.92 Å². The third-order valence-corrected chi connectivity index (χ3v) is 3.96. The van der Waals surface area contributed by atoms with E-state index in [4.69, 9.17) is 9.15 Å². The summed E-state index contributed by atoms with van der Waals surface area (Å²) in [7, 11) is 0. The van der Waals surface area contributed by atoms with Crippen molar-refractivity contribution in [3.8, 4) is 0 Å². The highest BCUT2D eigenvalue weighted by molar-refractivity contribution is 5.77. The zero-order valence-corrected chi connectivity index (χ0v) is 12.3. The fourth-order valence-electron chi connectivity index (χ4n) is 2.61. The maximum absolute atomic E-state index is 5.73. The van der Waals surface area contributed by atoms with Gasteiger partial charge in [-0.1, -0.05) is 13.8 Å². The number of nitrogens with one attached hydrogen (secondary N) is 1. The number of hydrogen-bond donors (Lipinski definition) is 1. The van der Waals surface area contributed by atoms with E-state index >= 15 is 0 Å². The molecule has 1 fully saturated rings. The van der Waals surface area contributed by atoms with Crippen LogP contribution in [0, 0.1) is 5.92 Å². The molecular weight excluding hydrogens is 252 g/mol. The van der Waals surface area contributed by atoms with Gasteiger partial charge in [-0.05, 0) is 31.5 Å².